The lowest BCUT2D eigenvalue weighted by molar-refractivity contribution is 0.112. The number of aliphatic hydroxyl groups excluding tert-OH is 1. The Hall–Kier alpha value is -0.910. The van der Waals surface area contributed by atoms with Gasteiger partial charge in [-0.2, -0.15) is 0 Å². The Balaban J connectivity index is 2.12. The molecule has 1 aliphatic rings. The summed E-state index contributed by atoms with van der Waals surface area (Å²) in [5.74, 6) is 0.840. The molecule has 0 saturated carbocycles. The fourth-order valence-electron chi connectivity index (χ4n) is 2.59. The van der Waals surface area contributed by atoms with Crippen molar-refractivity contribution >= 4 is 17.4 Å². The Morgan fingerprint density at radius 3 is 2.70 bits per heavy atom. The molecule has 1 atom stereocenters. The quantitative estimate of drug-likeness (QED) is 0.655. The molecule has 0 aliphatic heterocycles. The van der Waals surface area contributed by atoms with Crippen molar-refractivity contribution in [3.8, 4) is 0 Å². The van der Waals surface area contributed by atoms with Crippen LogP contribution in [-0.4, -0.2) is 40.4 Å². The molecule has 1 aromatic heterocycles. The second kappa shape index (κ2) is 5.84. The molecule has 0 saturated heterocycles. The number of nitrogens with zero attached hydrogens (tertiary/aromatic N) is 3. The Labute approximate surface area is 125 Å². The minimum Gasteiger partial charge on any atom is -0.377 e. The molecule has 6 heteroatoms. The summed E-state index contributed by atoms with van der Waals surface area (Å²) in [6.45, 7) is 6.53. The summed E-state index contributed by atoms with van der Waals surface area (Å²) in [4.78, 5) is 10.6. The van der Waals surface area contributed by atoms with Crippen LogP contribution in [-0.2, 0) is 12.8 Å². The van der Waals surface area contributed by atoms with Gasteiger partial charge in [0.15, 0.2) is 0 Å². The molecule has 1 heterocycles. The zero-order chi connectivity index (χ0) is 14.9. The monoisotopic (exact) mass is 298 g/mol. The summed E-state index contributed by atoms with van der Waals surface area (Å²) in [5.41, 5.74) is 2.08. The van der Waals surface area contributed by atoms with E-state index < -0.39 is 6.23 Å². The highest BCUT2D eigenvalue weighted by Gasteiger charge is 2.23. The van der Waals surface area contributed by atoms with Crippen LogP contribution in [0.4, 0.5) is 5.82 Å². The molecular formula is C14H23ClN4O. The van der Waals surface area contributed by atoms with Gasteiger partial charge < -0.3 is 10.0 Å². The van der Waals surface area contributed by atoms with E-state index in [9.17, 15) is 5.11 Å². The fraction of sp³-hybridized carbons (Fsp3) is 0.714. The molecule has 1 aromatic rings. The first-order valence-corrected chi connectivity index (χ1v) is 7.36. The summed E-state index contributed by atoms with van der Waals surface area (Å²) in [5, 5.41) is 13.5. The molecule has 20 heavy (non-hydrogen) atoms. The first-order chi connectivity index (χ1) is 9.26. The second-order valence-corrected chi connectivity index (χ2v) is 6.72. The number of anilines is 1. The second-order valence-electron chi connectivity index (χ2n) is 6.39. The maximum Gasteiger partial charge on any atom is 0.224 e. The number of nitrogens with one attached hydrogen (secondary N) is 1. The molecule has 1 aliphatic carbocycles. The summed E-state index contributed by atoms with van der Waals surface area (Å²) in [6, 6.07) is 0. The van der Waals surface area contributed by atoms with E-state index in [4.69, 9.17) is 11.6 Å². The zero-order valence-electron chi connectivity index (χ0n) is 12.6. The molecule has 0 fully saturated rings. The average Bonchev–Trinajstić information content (AvgIpc) is 2.72. The average molecular weight is 299 g/mol. The fourth-order valence-corrected chi connectivity index (χ4v) is 2.77. The van der Waals surface area contributed by atoms with Crippen LogP contribution in [0.5, 0.6) is 0 Å². The number of fused-ring (bicyclic) bond motifs is 1. The number of likely N-dealkylation sites (N-methyl/N-ethyl adjacent to an activating group) is 1. The van der Waals surface area contributed by atoms with Crippen molar-refractivity contribution in [2.75, 3.05) is 18.5 Å². The van der Waals surface area contributed by atoms with Gasteiger partial charge in [-0.05, 0) is 51.6 Å². The minimum atomic E-state index is -0.620. The van der Waals surface area contributed by atoms with Crippen molar-refractivity contribution in [3.63, 3.8) is 0 Å². The van der Waals surface area contributed by atoms with Crippen molar-refractivity contribution in [2.24, 2.45) is 0 Å². The van der Waals surface area contributed by atoms with Crippen molar-refractivity contribution in [1.29, 1.82) is 0 Å². The highest BCUT2D eigenvalue weighted by molar-refractivity contribution is 6.28. The first-order valence-electron chi connectivity index (χ1n) is 6.98. The third kappa shape index (κ3) is 3.81. The maximum atomic E-state index is 10.1. The van der Waals surface area contributed by atoms with E-state index in [0.717, 1.165) is 30.8 Å². The van der Waals surface area contributed by atoms with Crippen LogP contribution in [0.1, 0.15) is 38.4 Å². The van der Waals surface area contributed by atoms with E-state index in [2.05, 4.69) is 15.3 Å². The van der Waals surface area contributed by atoms with Gasteiger partial charge in [-0.1, -0.05) is 0 Å². The highest BCUT2D eigenvalue weighted by Crippen LogP contribution is 2.29. The van der Waals surface area contributed by atoms with Crippen LogP contribution < -0.4 is 10.2 Å². The summed E-state index contributed by atoms with van der Waals surface area (Å²) in [7, 11) is 1.92. The van der Waals surface area contributed by atoms with E-state index in [1.165, 1.54) is 5.56 Å². The SMILES string of the molecule is CN(CC(O)NC(C)(C)C)c1nc(Cl)nc2c1CCC2. The molecule has 5 nitrogen and oxygen atoms in total. The van der Waals surface area contributed by atoms with Gasteiger partial charge in [0.25, 0.3) is 0 Å². The lowest BCUT2D eigenvalue weighted by Gasteiger charge is -2.29. The van der Waals surface area contributed by atoms with E-state index in [1.807, 2.05) is 32.7 Å². The standard InChI is InChI=1S/C14H23ClN4O/c1-14(2,3)18-11(20)8-19(4)12-9-6-5-7-10(9)16-13(15)17-12/h11,18,20H,5-8H2,1-4H3. The highest BCUT2D eigenvalue weighted by atomic mass is 35.5. The third-order valence-electron chi connectivity index (χ3n) is 3.29. The number of hydrogen-bond donors (Lipinski definition) is 2. The summed E-state index contributed by atoms with van der Waals surface area (Å²) >= 11 is 5.99. The van der Waals surface area contributed by atoms with Gasteiger partial charge in [-0.3, -0.25) is 5.32 Å². The van der Waals surface area contributed by atoms with Gasteiger partial charge in [-0.15, -0.1) is 0 Å². The molecule has 1 unspecified atom stereocenters. The molecule has 0 aromatic carbocycles. The van der Waals surface area contributed by atoms with Crippen molar-refractivity contribution in [2.45, 2.75) is 51.8 Å². The molecule has 0 amide bonds. The van der Waals surface area contributed by atoms with Crippen LogP contribution in [0.2, 0.25) is 5.28 Å². The number of aliphatic hydroxyl groups is 1. The molecule has 0 spiro atoms. The zero-order valence-corrected chi connectivity index (χ0v) is 13.3. The van der Waals surface area contributed by atoms with Crippen LogP contribution in [0, 0.1) is 0 Å². The van der Waals surface area contributed by atoms with Gasteiger partial charge in [0.1, 0.15) is 12.0 Å². The molecule has 0 bridgehead atoms. The topological polar surface area (TPSA) is 61.3 Å². The number of aryl methyl sites for hydroxylation is 1. The normalized spacial score (nSPS) is 16.1. The Bertz CT molecular complexity index is 487. The minimum absolute atomic E-state index is 0.133. The van der Waals surface area contributed by atoms with Gasteiger partial charge in [0, 0.05) is 18.2 Å². The predicted molar refractivity (Wildman–Crippen MR) is 81.2 cm³/mol. The molecule has 112 valence electrons. The van der Waals surface area contributed by atoms with Crippen molar-refractivity contribution < 1.29 is 5.11 Å². The molecule has 0 radical (unpaired) electrons. The Morgan fingerprint density at radius 2 is 2.05 bits per heavy atom. The van der Waals surface area contributed by atoms with Crippen LogP contribution in [0.15, 0.2) is 0 Å². The summed E-state index contributed by atoms with van der Waals surface area (Å²) in [6.07, 6.45) is 2.41. The number of hydrogen-bond acceptors (Lipinski definition) is 5. The Morgan fingerprint density at radius 1 is 1.35 bits per heavy atom. The first kappa shape index (κ1) is 15.5. The van der Waals surface area contributed by atoms with Crippen LogP contribution >= 0.6 is 11.6 Å². The largest absolute Gasteiger partial charge is 0.377 e. The van der Waals surface area contributed by atoms with Gasteiger partial charge in [0.05, 0.1) is 12.2 Å². The molecular weight excluding hydrogens is 276 g/mol. The maximum absolute atomic E-state index is 10.1. The van der Waals surface area contributed by atoms with Crippen LogP contribution in [0.25, 0.3) is 0 Å². The lowest BCUT2D eigenvalue weighted by Crippen LogP contribution is -2.48. The number of aromatic nitrogens is 2. The van der Waals surface area contributed by atoms with Gasteiger partial charge >= 0.3 is 0 Å². The molecule has 2 rings (SSSR count). The van der Waals surface area contributed by atoms with Crippen molar-refractivity contribution in [1.82, 2.24) is 15.3 Å². The van der Waals surface area contributed by atoms with E-state index in [1.54, 1.807) is 0 Å². The van der Waals surface area contributed by atoms with E-state index in [-0.39, 0.29) is 10.8 Å². The van der Waals surface area contributed by atoms with E-state index >= 15 is 0 Å². The number of halogens is 1. The summed E-state index contributed by atoms with van der Waals surface area (Å²) < 4.78 is 0. The van der Waals surface area contributed by atoms with Crippen molar-refractivity contribution in [3.05, 3.63) is 16.5 Å². The lowest BCUT2D eigenvalue weighted by atomic mass is 10.1. The van der Waals surface area contributed by atoms with Crippen LogP contribution in [0.3, 0.4) is 0 Å². The smallest absolute Gasteiger partial charge is 0.224 e. The third-order valence-corrected chi connectivity index (χ3v) is 3.46. The number of rotatable bonds is 4. The van der Waals surface area contributed by atoms with Gasteiger partial charge in [0.2, 0.25) is 5.28 Å². The van der Waals surface area contributed by atoms with E-state index in [0.29, 0.717) is 6.54 Å². The predicted octanol–water partition coefficient (Wildman–Crippen LogP) is 1.76. The molecule has 2 N–H and O–H groups in total. The Kier molecular flexibility index (Phi) is 4.52. The van der Waals surface area contributed by atoms with Gasteiger partial charge in [-0.25, -0.2) is 9.97 Å².